The van der Waals surface area contributed by atoms with Crippen LogP contribution in [0.3, 0.4) is 0 Å². The standard InChI is InChI=1S/C9H15NO/c1-3-11-4-2-10-7-8-5-9(1,10)6-8/h8H,1-7H2. The summed E-state index contributed by atoms with van der Waals surface area (Å²) < 4.78 is 5.48. The van der Waals surface area contributed by atoms with E-state index < -0.39 is 0 Å². The predicted molar refractivity (Wildman–Crippen MR) is 42.5 cm³/mol. The molecule has 62 valence electrons. The highest BCUT2D eigenvalue weighted by molar-refractivity contribution is 5.10. The van der Waals surface area contributed by atoms with Crippen molar-refractivity contribution in [3.63, 3.8) is 0 Å². The Morgan fingerprint density at radius 3 is 3.09 bits per heavy atom. The van der Waals surface area contributed by atoms with Crippen LogP contribution in [0.1, 0.15) is 19.3 Å². The molecule has 3 saturated heterocycles. The van der Waals surface area contributed by atoms with Crippen LogP contribution in [0.25, 0.3) is 0 Å². The summed E-state index contributed by atoms with van der Waals surface area (Å²) >= 11 is 0. The Bertz CT molecular complexity index is 172. The van der Waals surface area contributed by atoms with E-state index in [4.69, 9.17) is 4.74 Å². The third-order valence-electron chi connectivity index (χ3n) is 3.70. The molecule has 1 spiro atoms. The predicted octanol–water partition coefficient (Wildman–Crippen LogP) is 0.871. The van der Waals surface area contributed by atoms with Gasteiger partial charge in [-0.25, -0.2) is 0 Å². The Kier molecular flexibility index (Phi) is 1.16. The number of hydrogen-bond acceptors (Lipinski definition) is 2. The number of hydrogen-bond donors (Lipinski definition) is 0. The summed E-state index contributed by atoms with van der Waals surface area (Å²) in [6.45, 7) is 4.53. The first-order valence-corrected chi connectivity index (χ1v) is 4.72. The molecule has 2 heteroatoms. The van der Waals surface area contributed by atoms with Crippen LogP contribution in [-0.4, -0.2) is 36.7 Å². The molecule has 0 atom stereocenters. The van der Waals surface area contributed by atoms with Crippen molar-refractivity contribution in [3.8, 4) is 0 Å². The zero-order chi connectivity index (χ0) is 7.31. The van der Waals surface area contributed by atoms with Crippen molar-refractivity contribution in [3.05, 3.63) is 0 Å². The second-order valence-corrected chi connectivity index (χ2v) is 4.31. The highest BCUT2D eigenvalue weighted by Crippen LogP contribution is 2.52. The summed E-state index contributed by atoms with van der Waals surface area (Å²) in [5.74, 6) is 1.05. The maximum Gasteiger partial charge on any atom is 0.0593 e. The lowest BCUT2D eigenvalue weighted by Gasteiger charge is -2.41. The van der Waals surface area contributed by atoms with Gasteiger partial charge in [0.1, 0.15) is 0 Å². The van der Waals surface area contributed by atoms with Crippen LogP contribution in [0, 0.1) is 5.92 Å². The summed E-state index contributed by atoms with van der Waals surface area (Å²) in [5.41, 5.74) is 0.626. The SMILES string of the molecule is C1CN2CC3CC2(CCO1)C3. The summed E-state index contributed by atoms with van der Waals surface area (Å²) in [6.07, 6.45) is 4.23. The summed E-state index contributed by atoms with van der Waals surface area (Å²) in [7, 11) is 0. The van der Waals surface area contributed by atoms with E-state index in [0.29, 0.717) is 5.54 Å². The highest BCUT2D eigenvalue weighted by atomic mass is 16.5. The molecule has 4 aliphatic rings. The van der Waals surface area contributed by atoms with Crippen molar-refractivity contribution < 1.29 is 4.74 Å². The molecule has 3 aliphatic heterocycles. The van der Waals surface area contributed by atoms with Gasteiger partial charge < -0.3 is 4.74 Å². The Labute approximate surface area is 67.5 Å². The van der Waals surface area contributed by atoms with Crippen LogP contribution in [0.2, 0.25) is 0 Å². The minimum atomic E-state index is 0.626. The van der Waals surface area contributed by atoms with Gasteiger partial charge in [0.2, 0.25) is 0 Å². The lowest BCUT2D eigenvalue weighted by atomic mass is 9.71. The Morgan fingerprint density at radius 1 is 1.27 bits per heavy atom. The molecule has 0 N–H and O–H groups in total. The van der Waals surface area contributed by atoms with Gasteiger partial charge in [0.05, 0.1) is 6.61 Å². The fourth-order valence-electron chi connectivity index (χ4n) is 3.14. The zero-order valence-electron chi connectivity index (χ0n) is 6.88. The van der Waals surface area contributed by atoms with Crippen LogP contribution < -0.4 is 0 Å². The van der Waals surface area contributed by atoms with Crippen LogP contribution in [0.5, 0.6) is 0 Å². The number of rotatable bonds is 0. The van der Waals surface area contributed by atoms with E-state index in [1.807, 2.05) is 0 Å². The molecular weight excluding hydrogens is 138 g/mol. The number of nitrogens with zero attached hydrogens (tertiary/aromatic N) is 1. The van der Waals surface area contributed by atoms with Crippen LogP contribution in [-0.2, 0) is 4.74 Å². The van der Waals surface area contributed by atoms with Crippen molar-refractivity contribution in [1.29, 1.82) is 0 Å². The van der Waals surface area contributed by atoms with Gasteiger partial charge in [-0.2, -0.15) is 0 Å². The van der Waals surface area contributed by atoms with Gasteiger partial charge in [-0.05, 0) is 25.2 Å². The highest BCUT2D eigenvalue weighted by Gasteiger charge is 2.55. The van der Waals surface area contributed by atoms with Gasteiger partial charge in [-0.1, -0.05) is 0 Å². The third-order valence-corrected chi connectivity index (χ3v) is 3.70. The summed E-state index contributed by atoms with van der Waals surface area (Å²) in [4.78, 5) is 2.67. The minimum absolute atomic E-state index is 0.626. The van der Waals surface area contributed by atoms with Crippen molar-refractivity contribution in [2.45, 2.75) is 24.8 Å². The lowest BCUT2D eigenvalue weighted by Crippen LogP contribution is -2.45. The Balaban J connectivity index is 1.85. The molecule has 11 heavy (non-hydrogen) atoms. The quantitative estimate of drug-likeness (QED) is 0.512. The van der Waals surface area contributed by atoms with Crippen molar-refractivity contribution in [1.82, 2.24) is 4.90 Å². The molecule has 2 nitrogen and oxygen atoms in total. The van der Waals surface area contributed by atoms with E-state index in [9.17, 15) is 0 Å². The Morgan fingerprint density at radius 2 is 2.18 bits per heavy atom. The molecular formula is C9H15NO. The van der Waals surface area contributed by atoms with Gasteiger partial charge in [0.25, 0.3) is 0 Å². The first-order chi connectivity index (χ1) is 5.39. The van der Waals surface area contributed by atoms with Crippen LogP contribution >= 0.6 is 0 Å². The maximum absolute atomic E-state index is 5.48. The monoisotopic (exact) mass is 153 g/mol. The van der Waals surface area contributed by atoms with E-state index in [2.05, 4.69) is 4.90 Å². The van der Waals surface area contributed by atoms with E-state index in [1.54, 1.807) is 0 Å². The summed E-state index contributed by atoms with van der Waals surface area (Å²) in [5, 5.41) is 0. The zero-order valence-corrected chi connectivity index (χ0v) is 6.88. The van der Waals surface area contributed by atoms with Gasteiger partial charge in [-0.3, -0.25) is 4.90 Å². The van der Waals surface area contributed by atoms with Gasteiger partial charge >= 0.3 is 0 Å². The maximum atomic E-state index is 5.48. The fraction of sp³-hybridized carbons (Fsp3) is 1.00. The topological polar surface area (TPSA) is 12.5 Å². The summed E-state index contributed by atoms with van der Waals surface area (Å²) in [6, 6.07) is 0. The van der Waals surface area contributed by atoms with E-state index in [0.717, 1.165) is 19.1 Å². The first-order valence-electron chi connectivity index (χ1n) is 4.72. The van der Waals surface area contributed by atoms with E-state index >= 15 is 0 Å². The second kappa shape index (κ2) is 1.99. The molecule has 1 saturated carbocycles. The van der Waals surface area contributed by atoms with Gasteiger partial charge in [0.15, 0.2) is 0 Å². The normalized spacial score (nSPS) is 49.6. The molecule has 0 aromatic carbocycles. The third kappa shape index (κ3) is 0.744. The molecule has 2 bridgehead atoms. The molecule has 4 fully saturated rings. The molecule has 0 unspecified atom stereocenters. The molecule has 1 aliphatic carbocycles. The van der Waals surface area contributed by atoms with Crippen molar-refractivity contribution in [2.24, 2.45) is 5.92 Å². The molecule has 0 amide bonds. The van der Waals surface area contributed by atoms with E-state index in [-0.39, 0.29) is 0 Å². The smallest absolute Gasteiger partial charge is 0.0593 e. The molecule has 0 aromatic heterocycles. The van der Waals surface area contributed by atoms with E-state index in [1.165, 1.54) is 32.4 Å². The molecule has 3 heterocycles. The molecule has 0 aromatic rings. The lowest BCUT2D eigenvalue weighted by molar-refractivity contribution is 0.106. The first kappa shape index (κ1) is 6.44. The van der Waals surface area contributed by atoms with Crippen LogP contribution in [0.15, 0.2) is 0 Å². The average molecular weight is 153 g/mol. The van der Waals surface area contributed by atoms with Crippen molar-refractivity contribution >= 4 is 0 Å². The second-order valence-electron chi connectivity index (χ2n) is 4.31. The molecule has 0 radical (unpaired) electrons. The fourth-order valence-corrected chi connectivity index (χ4v) is 3.14. The van der Waals surface area contributed by atoms with Gasteiger partial charge in [-0.15, -0.1) is 0 Å². The van der Waals surface area contributed by atoms with Crippen molar-refractivity contribution in [2.75, 3.05) is 26.3 Å². The largest absolute Gasteiger partial charge is 0.380 e. The number of ether oxygens (including phenoxy) is 1. The van der Waals surface area contributed by atoms with Crippen LogP contribution in [0.4, 0.5) is 0 Å². The Hall–Kier alpha value is -0.0800. The molecule has 4 rings (SSSR count). The average Bonchev–Trinajstić information content (AvgIpc) is 2.36. The van der Waals surface area contributed by atoms with Gasteiger partial charge in [0, 0.05) is 25.2 Å². The minimum Gasteiger partial charge on any atom is -0.380 e.